The van der Waals surface area contributed by atoms with Gasteiger partial charge >= 0.3 is 0 Å². The number of pyridine rings is 1. The summed E-state index contributed by atoms with van der Waals surface area (Å²) in [7, 11) is 0. The van der Waals surface area contributed by atoms with Gasteiger partial charge in [-0.05, 0) is 56.7 Å². The molecule has 0 saturated carbocycles. The molecule has 0 saturated heterocycles. The second kappa shape index (κ2) is 6.85. The van der Waals surface area contributed by atoms with E-state index in [9.17, 15) is 4.79 Å². The average molecular weight is 269 g/mol. The summed E-state index contributed by atoms with van der Waals surface area (Å²) in [6, 6.07) is 13.1. The van der Waals surface area contributed by atoms with Crippen LogP contribution in [0.5, 0.6) is 5.75 Å². The number of nitrogens with zero attached hydrogens (tertiary/aromatic N) is 1. The number of hydrogen-bond donors (Lipinski definition) is 0. The molecule has 0 bridgehead atoms. The van der Waals surface area contributed by atoms with Crippen LogP contribution in [0.2, 0.25) is 0 Å². The molecule has 0 atom stereocenters. The number of carbonyl (C=O) groups is 1. The molecular weight excluding hydrogens is 250 g/mol. The maximum atomic E-state index is 12.1. The molecule has 2 rings (SSSR count). The first kappa shape index (κ1) is 14.3. The highest BCUT2D eigenvalue weighted by Gasteiger charge is 2.07. The lowest BCUT2D eigenvalue weighted by Crippen LogP contribution is -2.06. The maximum absolute atomic E-state index is 12.1. The van der Waals surface area contributed by atoms with Crippen molar-refractivity contribution in [3.8, 4) is 5.75 Å². The van der Waals surface area contributed by atoms with Crippen molar-refractivity contribution in [2.45, 2.75) is 32.8 Å². The van der Waals surface area contributed by atoms with Crippen molar-refractivity contribution in [2.24, 2.45) is 0 Å². The highest BCUT2D eigenvalue weighted by molar-refractivity contribution is 5.96. The summed E-state index contributed by atoms with van der Waals surface area (Å²) in [6.45, 7) is 3.96. The van der Waals surface area contributed by atoms with Crippen LogP contribution in [0.3, 0.4) is 0 Å². The van der Waals surface area contributed by atoms with Crippen LogP contribution >= 0.6 is 0 Å². The van der Waals surface area contributed by atoms with Gasteiger partial charge in [-0.25, -0.2) is 0 Å². The molecule has 0 amide bonds. The fraction of sp³-hybridized carbons (Fsp3) is 0.294. The van der Waals surface area contributed by atoms with E-state index < -0.39 is 0 Å². The van der Waals surface area contributed by atoms with Gasteiger partial charge in [-0.1, -0.05) is 6.07 Å². The van der Waals surface area contributed by atoms with Gasteiger partial charge in [-0.15, -0.1) is 0 Å². The molecule has 2 aromatic rings. The molecule has 0 radical (unpaired) electrons. The van der Waals surface area contributed by atoms with E-state index in [1.54, 1.807) is 6.20 Å². The Morgan fingerprint density at radius 2 is 1.90 bits per heavy atom. The van der Waals surface area contributed by atoms with Gasteiger partial charge in [0.1, 0.15) is 5.75 Å². The Balaban J connectivity index is 1.92. The highest BCUT2D eigenvalue weighted by atomic mass is 16.5. The van der Waals surface area contributed by atoms with Gasteiger partial charge < -0.3 is 4.74 Å². The van der Waals surface area contributed by atoms with Crippen molar-refractivity contribution in [3.05, 3.63) is 59.9 Å². The molecule has 1 aromatic carbocycles. The van der Waals surface area contributed by atoms with E-state index >= 15 is 0 Å². The predicted molar refractivity (Wildman–Crippen MR) is 79.1 cm³/mol. The van der Waals surface area contributed by atoms with Crippen molar-refractivity contribution in [2.75, 3.05) is 0 Å². The molecule has 0 aliphatic carbocycles. The van der Waals surface area contributed by atoms with E-state index in [4.69, 9.17) is 4.74 Å². The minimum Gasteiger partial charge on any atom is -0.491 e. The van der Waals surface area contributed by atoms with Crippen LogP contribution in [0.1, 0.15) is 36.3 Å². The molecule has 1 aromatic heterocycles. The Kier molecular flexibility index (Phi) is 4.88. The van der Waals surface area contributed by atoms with Crippen molar-refractivity contribution in [1.29, 1.82) is 0 Å². The predicted octanol–water partition coefficient (Wildman–Crippen LogP) is 3.68. The molecule has 0 aliphatic rings. The second-order valence-corrected chi connectivity index (χ2v) is 4.94. The van der Waals surface area contributed by atoms with Gasteiger partial charge in [0.15, 0.2) is 5.78 Å². The fourth-order valence-corrected chi connectivity index (χ4v) is 1.92. The normalized spacial score (nSPS) is 10.6. The first-order chi connectivity index (χ1) is 9.65. The fourth-order valence-electron chi connectivity index (χ4n) is 1.92. The van der Waals surface area contributed by atoms with Crippen molar-refractivity contribution in [1.82, 2.24) is 4.98 Å². The number of Topliss-reactive ketones (excluding diaryl/α,β-unsaturated/α-hetero) is 1. The van der Waals surface area contributed by atoms with Crippen LogP contribution in [0.15, 0.2) is 48.7 Å². The molecule has 0 N–H and O–H groups in total. The quantitative estimate of drug-likeness (QED) is 0.751. The summed E-state index contributed by atoms with van der Waals surface area (Å²) in [5, 5.41) is 0. The minimum absolute atomic E-state index is 0.131. The lowest BCUT2D eigenvalue weighted by atomic mass is 10.1. The highest BCUT2D eigenvalue weighted by Crippen LogP contribution is 2.15. The topological polar surface area (TPSA) is 39.2 Å². The van der Waals surface area contributed by atoms with Crippen LogP contribution in [0.25, 0.3) is 0 Å². The van der Waals surface area contributed by atoms with Crippen LogP contribution in [0.4, 0.5) is 0 Å². The van der Waals surface area contributed by atoms with E-state index in [0.717, 1.165) is 17.0 Å². The summed E-state index contributed by atoms with van der Waals surface area (Å²) in [6.07, 6.45) is 3.03. The third kappa shape index (κ3) is 4.19. The molecule has 0 spiro atoms. The molecular formula is C17H19NO2. The number of aryl methyl sites for hydroxylation is 1. The van der Waals surface area contributed by atoms with Gasteiger partial charge in [0.25, 0.3) is 0 Å². The molecule has 104 valence electrons. The van der Waals surface area contributed by atoms with E-state index in [1.807, 2.05) is 56.3 Å². The van der Waals surface area contributed by atoms with Gasteiger partial charge in [0.2, 0.25) is 0 Å². The monoisotopic (exact) mass is 269 g/mol. The number of carbonyl (C=O) groups excluding carboxylic acids is 1. The Morgan fingerprint density at radius 1 is 1.15 bits per heavy atom. The Bertz CT molecular complexity index is 547. The SMILES string of the molecule is CC(C)Oc1ccc(C(=O)CCc2ccccn2)cc1. The van der Waals surface area contributed by atoms with Crippen LogP contribution < -0.4 is 4.74 Å². The van der Waals surface area contributed by atoms with Crippen molar-refractivity contribution >= 4 is 5.78 Å². The first-order valence-corrected chi connectivity index (χ1v) is 6.85. The van der Waals surface area contributed by atoms with Gasteiger partial charge in [0, 0.05) is 23.9 Å². The van der Waals surface area contributed by atoms with Crippen LogP contribution in [-0.4, -0.2) is 16.9 Å². The van der Waals surface area contributed by atoms with Crippen molar-refractivity contribution in [3.63, 3.8) is 0 Å². The summed E-state index contributed by atoms with van der Waals surface area (Å²) >= 11 is 0. The van der Waals surface area contributed by atoms with E-state index in [1.165, 1.54) is 0 Å². The molecule has 0 aliphatic heterocycles. The first-order valence-electron chi connectivity index (χ1n) is 6.85. The molecule has 1 heterocycles. The lowest BCUT2D eigenvalue weighted by Gasteiger charge is -2.09. The smallest absolute Gasteiger partial charge is 0.163 e. The zero-order chi connectivity index (χ0) is 14.4. The number of ketones is 1. The molecule has 20 heavy (non-hydrogen) atoms. The lowest BCUT2D eigenvalue weighted by molar-refractivity contribution is 0.0982. The number of benzene rings is 1. The molecule has 0 unspecified atom stereocenters. The second-order valence-electron chi connectivity index (χ2n) is 4.94. The number of aromatic nitrogens is 1. The van der Waals surface area contributed by atoms with Crippen molar-refractivity contribution < 1.29 is 9.53 Å². The minimum atomic E-state index is 0.131. The number of hydrogen-bond acceptors (Lipinski definition) is 3. The Hall–Kier alpha value is -2.16. The van der Waals surface area contributed by atoms with Gasteiger partial charge in [-0.3, -0.25) is 9.78 Å². The number of rotatable bonds is 6. The summed E-state index contributed by atoms with van der Waals surface area (Å²) < 4.78 is 5.56. The summed E-state index contributed by atoms with van der Waals surface area (Å²) in [5.74, 6) is 0.924. The maximum Gasteiger partial charge on any atom is 0.163 e. The molecule has 0 fully saturated rings. The van der Waals surface area contributed by atoms with E-state index in [0.29, 0.717) is 12.8 Å². The van der Waals surface area contributed by atoms with Gasteiger partial charge in [-0.2, -0.15) is 0 Å². The van der Waals surface area contributed by atoms with E-state index in [2.05, 4.69) is 4.98 Å². The van der Waals surface area contributed by atoms with Crippen LogP contribution in [-0.2, 0) is 6.42 Å². The average Bonchev–Trinajstić information content (AvgIpc) is 2.46. The zero-order valence-corrected chi connectivity index (χ0v) is 11.9. The Morgan fingerprint density at radius 3 is 2.50 bits per heavy atom. The number of ether oxygens (including phenoxy) is 1. The summed E-state index contributed by atoms with van der Waals surface area (Å²) in [4.78, 5) is 16.3. The summed E-state index contributed by atoms with van der Waals surface area (Å²) in [5.41, 5.74) is 1.66. The standard InChI is InChI=1S/C17H19NO2/c1-13(2)20-16-9-6-14(7-10-16)17(19)11-8-15-5-3-4-12-18-15/h3-7,9-10,12-13H,8,11H2,1-2H3. The van der Waals surface area contributed by atoms with Crippen LogP contribution in [0, 0.1) is 0 Å². The molecule has 3 nitrogen and oxygen atoms in total. The van der Waals surface area contributed by atoms with Gasteiger partial charge in [0.05, 0.1) is 6.10 Å². The Labute approximate surface area is 119 Å². The van der Waals surface area contributed by atoms with E-state index in [-0.39, 0.29) is 11.9 Å². The molecule has 3 heteroatoms. The third-order valence-corrected chi connectivity index (χ3v) is 2.88. The largest absolute Gasteiger partial charge is 0.491 e. The zero-order valence-electron chi connectivity index (χ0n) is 11.9. The third-order valence-electron chi connectivity index (χ3n) is 2.88.